The van der Waals surface area contributed by atoms with Crippen molar-refractivity contribution in [2.75, 3.05) is 4.90 Å². The molecule has 10 aromatic carbocycles. The standard InChI is InChI=1S/C59H40N2/c1-2-11-41(12-3-1)43-25-31-49(32-26-43)61(51-35-29-45(30-36-51)46-37-39-60-40-38-46)50-33-27-44(28-34-50)42-21-23-48(24-22-42)58-54-16-6-8-18-56(54)59(57-19-9-7-17-55(57)58)53-20-10-14-47-13-4-5-15-52(47)53/h1-40H. The van der Waals surface area contributed by atoms with E-state index in [1.54, 1.807) is 0 Å². The van der Waals surface area contributed by atoms with E-state index in [4.69, 9.17) is 0 Å². The largest absolute Gasteiger partial charge is 0.311 e. The molecule has 11 rings (SSSR count). The molecule has 286 valence electrons. The minimum absolute atomic E-state index is 1.09. The molecule has 0 bridgehead atoms. The summed E-state index contributed by atoms with van der Waals surface area (Å²) in [5, 5.41) is 7.56. The van der Waals surface area contributed by atoms with Crippen LogP contribution in [0, 0.1) is 0 Å². The normalized spacial score (nSPS) is 11.3. The second kappa shape index (κ2) is 15.6. The smallest absolute Gasteiger partial charge is 0.0462 e. The molecule has 2 heteroatoms. The summed E-state index contributed by atoms with van der Waals surface area (Å²) >= 11 is 0. The Morgan fingerprint density at radius 1 is 0.246 bits per heavy atom. The predicted molar refractivity (Wildman–Crippen MR) is 259 cm³/mol. The Kier molecular flexibility index (Phi) is 9.22. The second-order valence-electron chi connectivity index (χ2n) is 15.5. The van der Waals surface area contributed by atoms with Crippen LogP contribution in [0.3, 0.4) is 0 Å². The number of anilines is 3. The fraction of sp³-hybridized carbons (Fsp3) is 0. The van der Waals surface area contributed by atoms with E-state index in [1.165, 1.54) is 76.8 Å². The Hall–Kier alpha value is -8.07. The van der Waals surface area contributed by atoms with E-state index < -0.39 is 0 Å². The minimum Gasteiger partial charge on any atom is -0.311 e. The number of fused-ring (bicyclic) bond motifs is 3. The molecule has 2 nitrogen and oxygen atoms in total. The van der Waals surface area contributed by atoms with E-state index in [1.807, 2.05) is 24.5 Å². The van der Waals surface area contributed by atoms with Gasteiger partial charge in [-0.3, -0.25) is 4.98 Å². The average Bonchev–Trinajstić information content (AvgIpc) is 3.34. The highest BCUT2D eigenvalue weighted by molar-refractivity contribution is 6.23. The van der Waals surface area contributed by atoms with Crippen molar-refractivity contribution in [3.8, 4) is 55.6 Å². The van der Waals surface area contributed by atoms with Gasteiger partial charge in [0, 0.05) is 29.5 Å². The number of hydrogen-bond acceptors (Lipinski definition) is 2. The topological polar surface area (TPSA) is 16.1 Å². The van der Waals surface area contributed by atoms with E-state index in [-0.39, 0.29) is 0 Å². The number of pyridine rings is 1. The third kappa shape index (κ3) is 6.71. The molecule has 0 N–H and O–H groups in total. The Bertz CT molecular complexity index is 3160. The number of aromatic nitrogens is 1. The van der Waals surface area contributed by atoms with Crippen LogP contribution in [0.15, 0.2) is 243 Å². The highest BCUT2D eigenvalue weighted by atomic mass is 15.1. The summed E-state index contributed by atoms with van der Waals surface area (Å²) in [4.78, 5) is 6.53. The molecule has 0 aliphatic rings. The molecule has 0 atom stereocenters. The lowest BCUT2D eigenvalue weighted by molar-refractivity contribution is 1.28. The fourth-order valence-corrected chi connectivity index (χ4v) is 9.03. The van der Waals surface area contributed by atoms with Crippen LogP contribution in [0.1, 0.15) is 0 Å². The van der Waals surface area contributed by atoms with Crippen molar-refractivity contribution < 1.29 is 0 Å². The lowest BCUT2D eigenvalue weighted by Gasteiger charge is -2.26. The second-order valence-corrected chi connectivity index (χ2v) is 15.5. The van der Waals surface area contributed by atoms with Gasteiger partial charge in [-0.25, -0.2) is 0 Å². The van der Waals surface area contributed by atoms with Crippen molar-refractivity contribution >= 4 is 49.4 Å². The molecule has 0 spiro atoms. The summed E-state index contributed by atoms with van der Waals surface area (Å²) in [5.74, 6) is 0. The quantitative estimate of drug-likeness (QED) is 0.143. The van der Waals surface area contributed by atoms with Gasteiger partial charge in [0.25, 0.3) is 0 Å². The molecule has 1 aromatic heterocycles. The zero-order valence-corrected chi connectivity index (χ0v) is 33.5. The van der Waals surface area contributed by atoms with Crippen LogP contribution in [0.2, 0.25) is 0 Å². The van der Waals surface area contributed by atoms with Gasteiger partial charge in [0.2, 0.25) is 0 Å². The number of rotatable bonds is 8. The van der Waals surface area contributed by atoms with Gasteiger partial charge in [-0.15, -0.1) is 0 Å². The molecule has 11 aromatic rings. The highest BCUT2D eigenvalue weighted by Crippen LogP contribution is 2.46. The SMILES string of the molecule is c1ccc(-c2ccc(N(c3ccc(-c4ccncc4)cc3)c3ccc(-c4ccc(-c5c6ccccc6c(-c6cccc7ccccc67)c6ccccc56)cc4)cc3)cc2)cc1. The Morgan fingerprint density at radius 2 is 0.607 bits per heavy atom. The number of hydrogen-bond donors (Lipinski definition) is 0. The molecule has 61 heavy (non-hydrogen) atoms. The lowest BCUT2D eigenvalue weighted by Crippen LogP contribution is -2.09. The molecule has 0 fully saturated rings. The highest BCUT2D eigenvalue weighted by Gasteiger charge is 2.18. The average molecular weight is 777 g/mol. The van der Waals surface area contributed by atoms with Gasteiger partial charge >= 0.3 is 0 Å². The van der Waals surface area contributed by atoms with Crippen LogP contribution in [0.4, 0.5) is 17.1 Å². The molecular weight excluding hydrogens is 737 g/mol. The van der Waals surface area contributed by atoms with E-state index in [0.717, 1.165) is 28.2 Å². The third-order valence-electron chi connectivity index (χ3n) is 12.0. The Morgan fingerprint density at radius 3 is 1.11 bits per heavy atom. The molecule has 0 unspecified atom stereocenters. The van der Waals surface area contributed by atoms with Crippen LogP contribution in [0.25, 0.3) is 88.0 Å². The minimum atomic E-state index is 1.09. The van der Waals surface area contributed by atoms with Crippen molar-refractivity contribution in [3.63, 3.8) is 0 Å². The lowest BCUT2D eigenvalue weighted by atomic mass is 9.84. The first-order valence-corrected chi connectivity index (χ1v) is 20.9. The van der Waals surface area contributed by atoms with Crippen LogP contribution < -0.4 is 4.90 Å². The first-order valence-electron chi connectivity index (χ1n) is 20.9. The van der Waals surface area contributed by atoms with Crippen LogP contribution in [-0.4, -0.2) is 4.98 Å². The molecule has 0 amide bonds. The molecule has 0 saturated carbocycles. The summed E-state index contributed by atoms with van der Waals surface area (Å²) in [6, 6.07) is 83.5. The molecule has 0 radical (unpaired) electrons. The van der Waals surface area contributed by atoms with Gasteiger partial charge in [0.15, 0.2) is 0 Å². The summed E-state index contributed by atoms with van der Waals surface area (Å²) < 4.78 is 0. The Labute approximate surface area is 356 Å². The van der Waals surface area contributed by atoms with Gasteiger partial charge in [-0.1, -0.05) is 182 Å². The summed E-state index contributed by atoms with van der Waals surface area (Å²) in [7, 11) is 0. The van der Waals surface area contributed by atoms with Gasteiger partial charge in [-0.05, 0) is 136 Å². The molecule has 1 heterocycles. The molecule has 0 saturated heterocycles. The predicted octanol–water partition coefficient (Wildman–Crippen LogP) is 16.3. The third-order valence-corrected chi connectivity index (χ3v) is 12.0. The maximum Gasteiger partial charge on any atom is 0.0462 e. The van der Waals surface area contributed by atoms with E-state index in [2.05, 4.69) is 228 Å². The Balaban J connectivity index is 0.956. The zero-order valence-electron chi connectivity index (χ0n) is 33.5. The summed E-state index contributed by atoms with van der Waals surface area (Å²) in [6.45, 7) is 0. The van der Waals surface area contributed by atoms with Gasteiger partial charge in [0.1, 0.15) is 0 Å². The zero-order chi connectivity index (χ0) is 40.5. The van der Waals surface area contributed by atoms with Crippen molar-refractivity contribution in [1.82, 2.24) is 4.98 Å². The molecule has 0 aliphatic carbocycles. The van der Waals surface area contributed by atoms with Crippen molar-refractivity contribution in [2.24, 2.45) is 0 Å². The van der Waals surface area contributed by atoms with Crippen molar-refractivity contribution in [3.05, 3.63) is 243 Å². The van der Waals surface area contributed by atoms with E-state index in [9.17, 15) is 0 Å². The summed E-state index contributed by atoms with van der Waals surface area (Å²) in [6.07, 6.45) is 3.68. The van der Waals surface area contributed by atoms with Crippen molar-refractivity contribution in [2.45, 2.75) is 0 Å². The first-order chi connectivity index (χ1) is 30.3. The first kappa shape index (κ1) is 36.0. The molecule has 0 aliphatic heterocycles. The van der Waals surface area contributed by atoms with E-state index in [0.29, 0.717) is 0 Å². The number of benzene rings is 10. The monoisotopic (exact) mass is 776 g/mol. The van der Waals surface area contributed by atoms with Crippen molar-refractivity contribution in [1.29, 1.82) is 0 Å². The van der Waals surface area contributed by atoms with Crippen LogP contribution >= 0.6 is 0 Å². The molecular formula is C59H40N2. The van der Waals surface area contributed by atoms with Gasteiger partial charge in [-0.2, -0.15) is 0 Å². The van der Waals surface area contributed by atoms with Crippen LogP contribution in [-0.2, 0) is 0 Å². The van der Waals surface area contributed by atoms with Gasteiger partial charge in [0.05, 0.1) is 0 Å². The number of nitrogens with zero attached hydrogens (tertiary/aromatic N) is 2. The summed E-state index contributed by atoms with van der Waals surface area (Å²) in [5.41, 5.74) is 15.4. The van der Waals surface area contributed by atoms with Gasteiger partial charge < -0.3 is 4.90 Å². The maximum absolute atomic E-state index is 4.21. The van der Waals surface area contributed by atoms with Crippen LogP contribution in [0.5, 0.6) is 0 Å². The fourth-order valence-electron chi connectivity index (χ4n) is 9.03. The maximum atomic E-state index is 4.21. The van der Waals surface area contributed by atoms with E-state index >= 15 is 0 Å².